The maximum absolute atomic E-state index is 13.8. The Morgan fingerprint density at radius 3 is 2.75 bits per heavy atom. The van der Waals surface area contributed by atoms with Crippen LogP contribution in [0.4, 0.5) is 5.69 Å². The number of nitrogens with zero attached hydrogens (tertiary/aromatic N) is 1. The highest BCUT2D eigenvalue weighted by Gasteiger charge is 2.76. The van der Waals surface area contributed by atoms with Gasteiger partial charge in [0.05, 0.1) is 17.9 Å². The largest absolute Gasteiger partial charge is 0.399 e. The fourth-order valence-electron chi connectivity index (χ4n) is 9.78. The number of benzene rings is 1. The van der Waals surface area contributed by atoms with Gasteiger partial charge in [-0.3, -0.25) is 14.4 Å². The number of rotatable bonds is 6. The second-order valence-electron chi connectivity index (χ2n) is 13.9. The summed E-state index contributed by atoms with van der Waals surface area (Å²) in [5, 5.41) is 22.1. The lowest BCUT2D eigenvalue weighted by molar-refractivity contribution is -0.202. The molecular formula is C35H40N2O7. The van der Waals surface area contributed by atoms with Crippen LogP contribution >= 0.6 is 0 Å². The second-order valence-corrected chi connectivity index (χ2v) is 13.9. The van der Waals surface area contributed by atoms with E-state index >= 15 is 0 Å². The van der Waals surface area contributed by atoms with Crippen molar-refractivity contribution >= 4 is 23.0 Å². The molecule has 1 aromatic carbocycles. The van der Waals surface area contributed by atoms with Crippen molar-refractivity contribution in [3.63, 3.8) is 0 Å². The first kappa shape index (κ1) is 29.3. The van der Waals surface area contributed by atoms with E-state index in [-0.39, 0.29) is 35.7 Å². The van der Waals surface area contributed by atoms with Crippen LogP contribution in [0.25, 0.3) is 0 Å². The van der Waals surface area contributed by atoms with Gasteiger partial charge in [0.25, 0.3) is 0 Å². The van der Waals surface area contributed by atoms with Crippen LogP contribution in [0, 0.1) is 28.6 Å². The van der Waals surface area contributed by atoms with E-state index in [0.717, 1.165) is 24.0 Å². The summed E-state index contributed by atoms with van der Waals surface area (Å²) >= 11 is 0. The monoisotopic (exact) mass is 600 g/mol. The maximum atomic E-state index is 13.8. The van der Waals surface area contributed by atoms with Crippen LogP contribution in [0.2, 0.25) is 0 Å². The van der Waals surface area contributed by atoms with Gasteiger partial charge in [0.15, 0.2) is 23.0 Å². The molecule has 1 aliphatic heterocycles. The minimum Gasteiger partial charge on any atom is -0.399 e. The number of ether oxygens (including phenoxy) is 2. The van der Waals surface area contributed by atoms with Crippen LogP contribution in [-0.4, -0.2) is 56.5 Å². The first-order valence-corrected chi connectivity index (χ1v) is 15.5. The molecule has 44 heavy (non-hydrogen) atoms. The molecule has 0 unspecified atom stereocenters. The Kier molecular flexibility index (Phi) is 6.72. The van der Waals surface area contributed by atoms with Crippen molar-refractivity contribution in [2.45, 2.75) is 70.1 Å². The molecule has 1 saturated heterocycles. The van der Waals surface area contributed by atoms with Crippen LogP contribution in [-0.2, 0) is 32.5 Å². The fraction of sp³-hybridized carbons (Fsp3) is 0.514. The molecule has 4 aliphatic carbocycles. The number of nitrogens with two attached hydrogens (primary N) is 1. The number of hydrogen-bond donors (Lipinski definition) is 3. The van der Waals surface area contributed by atoms with Gasteiger partial charge in [-0.1, -0.05) is 37.6 Å². The highest BCUT2D eigenvalue weighted by molar-refractivity contribution is 6.01. The molecule has 9 atom stereocenters. The SMILES string of the molecule is Cn1cc(C(=O)Cc2cccc(N)c2)cc1[C@@H]1O[C@@H]2C[C@H]3[C@@H]4CCC5=CC(=O)C=C[C@]5(C)[C@H]4[C@@H](O)C[C@]3(C)[C@]2(C(=O)CO)O1. The summed E-state index contributed by atoms with van der Waals surface area (Å²) in [5.41, 5.74) is 6.78. The van der Waals surface area contributed by atoms with Gasteiger partial charge in [0, 0.05) is 47.7 Å². The molecular weight excluding hydrogens is 560 g/mol. The molecule has 1 aromatic heterocycles. The maximum Gasteiger partial charge on any atom is 0.200 e. The Balaban J connectivity index is 1.19. The van der Waals surface area contributed by atoms with Gasteiger partial charge in [-0.15, -0.1) is 0 Å². The lowest BCUT2D eigenvalue weighted by Gasteiger charge is -2.59. The highest BCUT2D eigenvalue weighted by Crippen LogP contribution is 2.70. The third-order valence-corrected chi connectivity index (χ3v) is 11.7. The zero-order valence-corrected chi connectivity index (χ0v) is 25.4. The Labute approximate surface area is 256 Å². The van der Waals surface area contributed by atoms with E-state index in [0.29, 0.717) is 29.8 Å². The molecule has 4 N–H and O–H groups in total. The molecule has 0 bridgehead atoms. The number of aryl methyl sites for hydroxylation is 1. The van der Waals surface area contributed by atoms with E-state index in [1.54, 1.807) is 41.1 Å². The van der Waals surface area contributed by atoms with Gasteiger partial charge in [0.2, 0.25) is 6.29 Å². The van der Waals surface area contributed by atoms with Crippen molar-refractivity contribution in [3.8, 4) is 0 Å². The number of ketones is 3. The zero-order valence-electron chi connectivity index (χ0n) is 25.4. The standard InChI is InChI=1S/C35H40N2O7/c1-33-10-9-23(39)14-21(33)7-8-24-25-15-30-35(29(42)18-38,34(25,2)16-28(41)31(24)33)44-32(43-30)26-13-20(17-37(26)3)27(40)12-19-5-4-6-22(36)11-19/h4-6,9-11,13-14,17,24-25,28,30-32,38,41H,7-8,12,15-16,18,36H2,1-3H3/t24-,25-,28-,30+,31+,32+,33-,34-,35+/m0/s1. The third-order valence-electron chi connectivity index (χ3n) is 11.7. The van der Waals surface area contributed by atoms with Crippen molar-refractivity contribution in [2.24, 2.45) is 35.6 Å². The van der Waals surface area contributed by atoms with Crippen LogP contribution in [0.15, 0.2) is 60.3 Å². The lowest BCUT2D eigenvalue weighted by Crippen LogP contribution is -2.63. The molecule has 0 amide bonds. The van der Waals surface area contributed by atoms with E-state index < -0.39 is 47.3 Å². The molecule has 9 nitrogen and oxygen atoms in total. The van der Waals surface area contributed by atoms with Gasteiger partial charge >= 0.3 is 0 Å². The van der Waals surface area contributed by atoms with Gasteiger partial charge < -0.3 is 30.0 Å². The van der Waals surface area contributed by atoms with Crippen LogP contribution in [0.3, 0.4) is 0 Å². The third kappa shape index (κ3) is 4.02. The molecule has 0 radical (unpaired) electrons. The number of carbonyl (C=O) groups is 3. The Bertz CT molecular complexity index is 1620. The average molecular weight is 601 g/mol. The van der Waals surface area contributed by atoms with Crippen molar-refractivity contribution in [3.05, 3.63) is 77.2 Å². The predicted molar refractivity (Wildman–Crippen MR) is 161 cm³/mol. The summed E-state index contributed by atoms with van der Waals surface area (Å²) in [6.45, 7) is 3.42. The number of anilines is 1. The van der Waals surface area contributed by atoms with Crippen molar-refractivity contribution in [1.29, 1.82) is 0 Å². The van der Waals surface area contributed by atoms with Crippen molar-refractivity contribution in [1.82, 2.24) is 4.57 Å². The lowest BCUT2D eigenvalue weighted by atomic mass is 9.46. The number of hydrogen-bond acceptors (Lipinski definition) is 8. The number of carbonyl (C=O) groups excluding carboxylic acids is 3. The molecule has 3 saturated carbocycles. The van der Waals surface area contributed by atoms with Crippen LogP contribution < -0.4 is 5.73 Å². The molecule has 4 fully saturated rings. The minimum atomic E-state index is -1.45. The second kappa shape index (κ2) is 10.1. The first-order chi connectivity index (χ1) is 20.9. The van der Waals surface area contributed by atoms with E-state index in [4.69, 9.17) is 15.2 Å². The van der Waals surface area contributed by atoms with Crippen molar-refractivity contribution < 1.29 is 34.1 Å². The summed E-state index contributed by atoms with van der Waals surface area (Å²) < 4.78 is 15.1. The molecule has 232 valence electrons. The molecule has 2 aromatic rings. The normalized spacial score (nSPS) is 38.8. The topological polar surface area (TPSA) is 141 Å². The zero-order chi connectivity index (χ0) is 31.2. The van der Waals surface area contributed by atoms with E-state index in [9.17, 15) is 24.6 Å². The number of aliphatic hydroxyl groups is 2. The summed E-state index contributed by atoms with van der Waals surface area (Å²) in [4.78, 5) is 39.2. The number of fused-ring (bicyclic) bond motifs is 7. The number of aliphatic hydroxyl groups excluding tert-OH is 2. The Morgan fingerprint density at radius 2 is 2.00 bits per heavy atom. The first-order valence-electron chi connectivity index (χ1n) is 15.5. The molecule has 2 heterocycles. The van der Waals surface area contributed by atoms with Gasteiger partial charge in [-0.05, 0) is 73.4 Å². The average Bonchev–Trinajstić information content (AvgIpc) is 3.62. The fourth-order valence-corrected chi connectivity index (χ4v) is 9.78. The predicted octanol–water partition coefficient (Wildman–Crippen LogP) is 3.64. The van der Waals surface area contributed by atoms with Crippen molar-refractivity contribution in [2.75, 3.05) is 12.3 Å². The molecule has 9 heteroatoms. The van der Waals surface area contributed by atoms with E-state index in [1.807, 2.05) is 32.2 Å². The minimum absolute atomic E-state index is 0.00520. The van der Waals surface area contributed by atoms with Crippen LogP contribution in [0.5, 0.6) is 0 Å². The van der Waals surface area contributed by atoms with Crippen LogP contribution in [0.1, 0.15) is 67.4 Å². The Morgan fingerprint density at radius 1 is 1.20 bits per heavy atom. The number of Topliss-reactive ketones (excluding diaryl/α,β-unsaturated/α-hetero) is 2. The van der Waals surface area contributed by atoms with E-state index in [1.165, 1.54) is 0 Å². The van der Waals surface area contributed by atoms with Gasteiger partial charge in [0.1, 0.15) is 6.61 Å². The number of nitrogen functional groups attached to an aromatic ring is 1. The summed E-state index contributed by atoms with van der Waals surface area (Å²) in [6.07, 6.45) is 7.32. The van der Waals surface area contributed by atoms with Gasteiger partial charge in [-0.25, -0.2) is 0 Å². The molecule has 7 rings (SSSR count). The quantitative estimate of drug-likeness (QED) is 0.337. The van der Waals surface area contributed by atoms with Gasteiger partial charge in [-0.2, -0.15) is 0 Å². The summed E-state index contributed by atoms with van der Waals surface area (Å²) in [5.74, 6) is -0.568. The Hall–Kier alpha value is -3.37. The van der Waals surface area contributed by atoms with E-state index in [2.05, 4.69) is 6.92 Å². The highest BCUT2D eigenvalue weighted by atomic mass is 16.7. The molecule has 5 aliphatic rings. The summed E-state index contributed by atoms with van der Waals surface area (Å²) in [6, 6.07) is 8.98. The smallest absolute Gasteiger partial charge is 0.200 e. The summed E-state index contributed by atoms with van der Waals surface area (Å²) in [7, 11) is 1.81. The number of aromatic nitrogens is 1. The molecule has 0 spiro atoms. The number of allylic oxidation sites excluding steroid dienone is 4.